The Morgan fingerprint density at radius 2 is 2.17 bits per heavy atom. The minimum absolute atomic E-state index is 0.0996. The van der Waals surface area contributed by atoms with Crippen molar-refractivity contribution in [2.75, 3.05) is 25.6 Å². The Kier molecular flexibility index (Phi) is 5.06. The van der Waals surface area contributed by atoms with Gasteiger partial charge in [0, 0.05) is 13.7 Å². The fourth-order valence-electron chi connectivity index (χ4n) is 1.24. The van der Waals surface area contributed by atoms with Crippen LogP contribution in [-0.4, -0.2) is 37.4 Å². The molecule has 0 aromatic heterocycles. The number of anilines is 1. The standard InChI is InChI=1S/C11H13FN2O4/c1-18-5-4-13-11(17)14-9-6-7(12)2-3-8(9)10(15)16/h2-3,6H,4-5H2,1H3,(H,15,16)(H2,13,14,17). The maximum absolute atomic E-state index is 13.0. The maximum atomic E-state index is 13.0. The summed E-state index contributed by atoms with van der Waals surface area (Å²) in [5, 5.41) is 13.6. The first-order valence-corrected chi connectivity index (χ1v) is 5.11. The molecule has 0 saturated carbocycles. The Labute approximate surface area is 103 Å². The molecule has 2 amide bonds. The fraction of sp³-hybridized carbons (Fsp3) is 0.273. The summed E-state index contributed by atoms with van der Waals surface area (Å²) < 4.78 is 17.7. The highest BCUT2D eigenvalue weighted by atomic mass is 19.1. The number of ether oxygens (including phenoxy) is 1. The zero-order chi connectivity index (χ0) is 13.5. The summed E-state index contributed by atoms with van der Waals surface area (Å²) in [4.78, 5) is 22.2. The highest BCUT2D eigenvalue weighted by Crippen LogP contribution is 2.17. The Hall–Kier alpha value is -2.15. The molecule has 0 spiro atoms. The van der Waals surface area contributed by atoms with E-state index >= 15 is 0 Å². The quantitative estimate of drug-likeness (QED) is 0.693. The van der Waals surface area contributed by atoms with Crippen LogP contribution in [0.25, 0.3) is 0 Å². The van der Waals surface area contributed by atoms with E-state index in [1.165, 1.54) is 7.11 Å². The minimum Gasteiger partial charge on any atom is -0.478 e. The van der Waals surface area contributed by atoms with E-state index in [9.17, 15) is 14.0 Å². The summed E-state index contributed by atoms with van der Waals surface area (Å²) in [6.07, 6.45) is 0. The molecule has 1 aromatic rings. The van der Waals surface area contributed by atoms with Crippen molar-refractivity contribution < 1.29 is 23.8 Å². The molecule has 0 saturated heterocycles. The summed E-state index contributed by atoms with van der Waals surface area (Å²) in [7, 11) is 1.48. The van der Waals surface area contributed by atoms with Gasteiger partial charge in [-0.2, -0.15) is 0 Å². The molecule has 0 fully saturated rings. The van der Waals surface area contributed by atoms with Gasteiger partial charge in [-0.1, -0.05) is 0 Å². The number of hydrogen-bond donors (Lipinski definition) is 3. The number of rotatable bonds is 5. The van der Waals surface area contributed by atoms with Gasteiger partial charge in [0.1, 0.15) is 5.82 Å². The van der Waals surface area contributed by atoms with Crippen molar-refractivity contribution in [3.8, 4) is 0 Å². The van der Waals surface area contributed by atoms with E-state index in [2.05, 4.69) is 10.6 Å². The summed E-state index contributed by atoms with van der Waals surface area (Å²) in [5.74, 6) is -1.88. The van der Waals surface area contributed by atoms with E-state index in [-0.39, 0.29) is 17.8 Å². The first kappa shape index (κ1) is 13.9. The van der Waals surface area contributed by atoms with Gasteiger partial charge in [-0.05, 0) is 18.2 Å². The molecular weight excluding hydrogens is 243 g/mol. The Bertz CT molecular complexity index is 451. The van der Waals surface area contributed by atoms with Crippen LogP contribution in [0.4, 0.5) is 14.9 Å². The summed E-state index contributed by atoms with van der Waals surface area (Å²) in [6.45, 7) is 0.586. The molecule has 0 aliphatic carbocycles. The van der Waals surface area contributed by atoms with E-state index in [0.717, 1.165) is 18.2 Å². The zero-order valence-electron chi connectivity index (χ0n) is 9.70. The number of halogens is 1. The second kappa shape index (κ2) is 6.55. The zero-order valence-corrected chi connectivity index (χ0v) is 9.70. The summed E-state index contributed by atoms with van der Waals surface area (Å²) in [6, 6.07) is 2.42. The third kappa shape index (κ3) is 4.02. The van der Waals surface area contributed by atoms with Crippen LogP contribution in [0.15, 0.2) is 18.2 Å². The lowest BCUT2D eigenvalue weighted by Crippen LogP contribution is -2.31. The van der Waals surface area contributed by atoms with Crippen LogP contribution >= 0.6 is 0 Å². The summed E-state index contributed by atoms with van der Waals surface area (Å²) in [5.41, 5.74) is -0.282. The van der Waals surface area contributed by atoms with Gasteiger partial charge in [-0.3, -0.25) is 0 Å². The number of carboxylic acid groups (broad SMARTS) is 1. The fourth-order valence-corrected chi connectivity index (χ4v) is 1.24. The number of hydrogen-bond acceptors (Lipinski definition) is 3. The largest absolute Gasteiger partial charge is 0.478 e. The van der Waals surface area contributed by atoms with Crippen LogP contribution in [-0.2, 0) is 4.74 Å². The highest BCUT2D eigenvalue weighted by Gasteiger charge is 2.13. The average molecular weight is 256 g/mol. The van der Waals surface area contributed by atoms with Gasteiger partial charge >= 0.3 is 12.0 Å². The van der Waals surface area contributed by atoms with Crippen LogP contribution in [0.2, 0.25) is 0 Å². The van der Waals surface area contributed by atoms with Crippen molar-refractivity contribution in [3.05, 3.63) is 29.6 Å². The molecule has 0 heterocycles. The molecule has 18 heavy (non-hydrogen) atoms. The number of aromatic carboxylic acids is 1. The molecule has 98 valence electrons. The van der Waals surface area contributed by atoms with Crippen molar-refractivity contribution >= 4 is 17.7 Å². The monoisotopic (exact) mass is 256 g/mol. The smallest absolute Gasteiger partial charge is 0.337 e. The number of carboxylic acids is 1. The lowest BCUT2D eigenvalue weighted by atomic mass is 10.2. The second-order valence-electron chi connectivity index (χ2n) is 3.37. The molecule has 0 radical (unpaired) electrons. The Morgan fingerprint density at radius 3 is 2.78 bits per heavy atom. The number of carbonyl (C=O) groups is 2. The Morgan fingerprint density at radius 1 is 1.44 bits per heavy atom. The van der Waals surface area contributed by atoms with Crippen LogP contribution in [0.3, 0.4) is 0 Å². The van der Waals surface area contributed by atoms with Gasteiger partial charge in [0.2, 0.25) is 0 Å². The number of benzene rings is 1. The van der Waals surface area contributed by atoms with Gasteiger partial charge in [-0.25, -0.2) is 14.0 Å². The van der Waals surface area contributed by atoms with Gasteiger partial charge in [0.15, 0.2) is 0 Å². The van der Waals surface area contributed by atoms with Crippen molar-refractivity contribution in [2.24, 2.45) is 0 Å². The van der Waals surface area contributed by atoms with E-state index in [1.54, 1.807) is 0 Å². The Balaban J connectivity index is 2.73. The van der Waals surface area contributed by atoms with E-state index in [0.29, 0.717) is 6.61 Å². The van der Waals surface area contributed by atoms with Gasteiger partial charge in [0.05, 0.1) is 17.9 Å². The number of carbonyl (C=O) groups excluding carboxylic acids is 1. The predicted molar refractivity (Wildman–Crippen MR) is 62.3 cm³/mol. The maximum Gasteiger partial charge on any atom is 0.337 e. The second-order valence-corrected chi connectivity index (χ2v) is 3.37. The van der Waals surface area contributed by atoms with Gasteiger partial charge in [0.25, 0.3) is 0 Å². The first-order valence-electron chi connectivity index (χ1n) is 5.11. The van der Waals surface area contributed by atoms with Crippen molar-refractivity contribution in [2.45, 2.75) is 0 Å². The number of nitrogens with one attached hydrogen (secondary N) is 2. The highest BCUT2D eigenvalue weighted by molar-refractivity contribution is 5.99. The topological polar surface area (TPSA) is 87.7 Å². The lowest BCUT2D eigenvalue weighted by molar-refractivity contribution is 0.0698. The van der Waals surface area contributed by atoms with Crippen LogP contribution in [0, 0.1) is 5.82 Å². The third-order valence-corrected chi connectivity index (χ3v) is 2.05. The molecule has 0 atom stereocenters. The molecule has 0 unspecified atom stereocenters. The van der Waals surface area contributed by atoms with Crippen LogP contribution < -0.4 is 10.6 Å². The average Bonchev–Trinajstić information content (AvgIpc) is 2.29. The molecule has 0 aliphatic heterocycles. The van der Waals surface area contributed by atoms with Gasteiger partial charge in [-0.15, -0.1) is 0 Å². The molecule has 6 nitrogen and oxygen atoms in total. The van der Waals surface area contributed by atoms with E-state index < -0.39 is 17.8 Å². The van der Waals surface area contributed by atoms with Crippen molar-refractivity contribution in [1.82, 2.24) is 5.32 Å². The van der Waals surface area contributed by atoms with Crippen LogP contribution in [0.5, 0.6) is 0 Å². The molecule has 7 heteroatoms. The van der Waals surface area contributed by atoms with E-state index in [4.69, 9.17) is 9.84 Å². The van der Waals surface area contributed by atoms with Gasteiger partial charge < -0.3 is 20.5 Å². The molecule has 0 aliphatic rings. The van der Waals surface area contributed by atoms with Crippen molar-refractivity contribution in [1.29, 1.82) is 0 Å². The lowest BCUT2D eigenvalue weighted by Gasteiger charge is -2.09. The third-order valence-electron chi connectivity index (χ3n) is 2.05. The minimum atomic E-state index is -1.25. The van der Waals surface area contributed by atoms with Crippen LogP contribution in [0.1, 0.15) is 10.4 Å². The molecule has 1 rings (SSSR count). The normalized spacial score (nSPS) is 9.89. The van der Waals surface area contributed by atoms with Crippen molar-refractivity contribution in [3.63, 3.8) is 0 Å². The SMILES string of the molecule is COCCNC(=O)Nc1cc(F)ccc1C(=O)O. The molecular formula is C11H13FN2O4. The summed E-state index contributed by atoms with van der Waals surface area (Å²) >= 11 is 0. The number of amides is 2. The number of methoxy groups -OCH3 is 1. The first-order chi connectivity index (χ1) is 8.54. The molecule has 0 bridgehead atoms. The molecule has 3 N–H and O–H groups in total. The van der Waals surface area contributed by atoms with E-state index in [1.807, 2.05) is 0 Å². The predicted octanol–water partition coefficient (Wildman–Crippen LogP) is 1.29. The molecule has 1 aromatic carbocycles. The number of urea groups is 1.